The zero-order valence-corrected chi connectivity index (χ0v) is 12.2. The molecule has 0 amide bonds. The van der Waals surface area contributed by atoms with E-state index in [2.05, 4.69) is 41.6 Å². The summed E-state index contributed by atoms with van der Waals surface area (Å²) in [4.78, 5) is 4.47. The molecule has 2 N–H and O–H groups in total. The second-order valence-electron chi connectivity index (χ2n) is 3.21. The van der Waals surface area contributed by atoms with Gasteiger partial charge in [0.1, 0.15) is 0 Å². The molecule has 0 aromatic heterocycles. The van der Waals surface area contributed by atoms with Gasteiger partial charge in [-0.05, 0) is 19.4 Å². The molecule has 0 atom stereocenters. The van der Waals surface area contributed by atoms with Gasteiger partial charge in [-0.1, -0.05) is 30.3 Å². The van der Waals surface area contributed by atoms with E-state index in [-0.39, 0.29) is 24.0 Å². The molecule has 1 aromatic carbocycles. The highest BCUT2D eigenvalue weighted by Gasteiger charge is 1.94. The fourth-order valence-electron chi connectivity index (χ4n) is 1.26. The first kappa shape index (κ1) is 15.2. The van der Waals surface area contributed by atoms with Crippen LogP contribution in [0.5, 0.6) is 0 Å². The number of halogens is 1. The van der Waals surface area contributed by atoms with Crippen molar-refractivity contribution in [3.8, 4) is 0 Å². The van der Waals surface area contributed by atoms with Crippen LogP contribution in [-0.4, -0.2) is 19.0 Å². The minimum Gasteiger partial charge on any atom is -0.357 e. The van der Waals surface area contributed by atoms with Crippen LogP contribution >= 0.6 is 24.0 Å². The highest BCUT2D eigenvalue weighted by atomic mass is 127. The number of aliphatic imine (C=N–C) groups is 1. The van der Waals surface area contributed by atoms with E-state index in [1.165, 1.54) is 5.56 Å². The molecule has 1 rings (SSSR count). The molecule has 0 fully saturated rings. The Hall–Kier alpha value is -0.780. The van der Waals surface area contributed by atoms with Gasteiger partial charge in [0.15, 0.2) is 5.96 Å². The summed E-state index contributed by atoms with van der Waals surface area (Å²) in [6.07, 6.45) is 0. The summed E-state index contributed by atoms with van der Waals surface area (Å²) in [5.41, 5.74) is 1.23. The monoisotopic (exact) mass is 333 g/mol. The fourth-order valence-corrected chi connectivity index (χ4v) is 1.26. The van der Waals surface area contributed by atoms with Crippen molar-refractivity contribution in [2.24, 2.45) is 4.99 Å². The number of rotatable bonds is 4. The lowest BCUT2D eigenvalue weighted by atomic mass is 10.2. The zero-order chi connectivity index (χ0) is 10.9. The van der Waals surface area contributed by atoms with Gasteiger partial charge in [-0.3, -0.25) is 0 Å². The maximum atomic E-state index is 4.47. The first-order chi connectivity index (χ1) is 7.36. The van der Waals surface area contributed by atoms with Gasteiger partial charge in [0.25, 0.3) is 0 Å². The molecule has 3 nitrogen and oxygen atoms in total. The summed E-state index contributed by atoms with van der Waals surface area (Å²) in [5.74, 6) is 0.879. The molecule has 0 saturated heterocycles. The van der Waals surface area contributed by atoms with Gasteiger partial charge in [-0.2, -0.15) is 0 Å². The first-order valence-corrected chi connectivity index (χ1v) is 5.43. The lowest BCUT2D eigenvalue weighted by Crippen LogP contribution is -2.36. The molecule has 1 aromatic rings. The number of hydrogen-bond donors (Lipinski definition) is 2. The topological polar surface area (TPSA) is 36.4 Å². The van der Waals surface area contributed by atoms with Crippen molar-refractivity contribution in [3.63, 3.8) is 0 Å². The molecule has 0 heterocycles. The lowest BCUT2D eigenvalue weighted by molar-refractivity contribution is 0.839. The van der Waals surface area contributed by atoms with Crippen molar-refractivity contribution < 1.29 is 0 Å². The van der Waals surface area contributed by atoms with Crippen LogP contribution in [0.1, 0.15) is 19.4 Å². The van der Waals surface area contributed by atoms with E-state index in [9.17, 15) is 0 Å². The smallest absolute Gasteiger partial charge is 0.191 e. The Morgan fingerprint density at radius 2 is 1.62 bits per heavy atom. The van der Waals surface area contributed by atoms with Crippen molar-refractivity contribution in [3.05, 3.63) is 35.9 Å². The summed E-state index contributed by atoms with van der Waals surface area (Å²) < 4.78 is 0. The first-order valence-electron chi connectivity index (χ1n) is 5.43. The van der Waals surface area contributed by atoms with Crippen LogP contribution in [0.2, 0.25) is 0 Å². The van der Waals surface area contributed by atoms with Crippen LogP contribution < -0.4 is 10.6 Å². The number of benzene rings is 1. The number of nitrogens with zero attached hydrogens (tertiary/aromatic N) is 1. The fraction of sp³-hybridized carbons (Fsp3) is 0.417. The number of nitrogens with one attached hydrogen (secondary N) is 2. The highest BCUT2D eigenvalue weighted by Crippen LogP contribution is 1.99. The van der Waals surface area contributed by atoms with Gasteiger partial charge in [0, 0.05) is 13.1 Å². The van der Waals surface area contributed by atoms with Crippen molar-refractivity contribution >= 4 is 29.9 Å². The second-order valence-corrected chi connectivity index (χ2v) is 3.21. The van der Waals surface area contributed by atoms with E-state index >= 15 is 0 Å². The van der Waals surface area contributed by atoms with Crippen molar-refractivity contribution in [2.75, 3.05) is 13.1 Å². The van der Waals surface area contributed by atoms with E-state index in [0.29, 0.717) is 0 Å². The SMILES string of the molecule is CCNC(=NCc1ccccc1)NCC.I. The highest BCUT2D eigenvalue weighted by molar-refractivity contribution is 14.0. The van der Waals surface area contributed by atoms with Gasteiger partial charge < -0.3 is 10.6 Å². The van der Waals surface area contributed by atoms with E-state index < -0.39 is 0 Å². The number of guanidine groups is 1. The van der Waals surface area contributed by atoms with Gasteiger partial charge in [-0.15, -0.1) is 24.0 Å². The second kappa shape index (κ2) is 9.45. The Kier molecular flexibility index (Phi) is 8.99. The molecule has 0 bridgehead atoms. The molecule has 4 heteroatoms. The largest absolute Gasteiger partial charge is 0.357 e. The molecule has 0 aliphatic rings. The molecule has 0 aliphatic heterocycles. The quantitative estimate of drug-likeness (QED) is 0.504. The molecule has 0 aliphatic carbocycles. The van der Waals surface area contributed by atoms with Crippen LogP contribution in [0.3, 0.4) is 0 Å². The maximum Gasteiger partial charge on any atom is 0.191 e. The van der Waals surface area contributed by atoms with Crippen molar-refractivity contribution in [1.82, 2.24) is 10.6 Å². The van der Waals surface area contributed by atoms with Crippen LogP contribution in [-0.2, 0) is 6.54 Å². The third-order valence-electron chi connectivity index (χ3n) is 1.95. The molecule has 0 radical (unpaired) electrons. The normalized spacial score (nSPS) is 8.88. The molecule has 0 spiro atoms. The van der Waals surface area contributed by atoms with E-state index in [1.54, 1.807) is 0 Å². The minimum absolute atomic E-state index is 0. The third-order valence-corrected chi connectivity index (χ3v) is 1.95. The lowest BCUT2D eigenvalue weighted by Gasteiger charge is -2.08. The van der Waals surface area contributed by atoms with Crippen LogP contribution in [0, 0.1) is 0 Å². The standard InChI is InChI=1S/C12H19N3.HI/c1-3-13-12(14-4-2)15-10-11-8-6-5-7-9-11;/h5-9H,3-4,10H2,1-2H3,(H2,13,14,15);1H. The van der Waals surface area contributed by atoms with Gasteiger partial charge in [0.2, 0.25) is 0 Å². The predicted octanol–water partition coefficient (Wildman–Crippen LogP) is 2.38. The Morgan fingerprint density at radius 3 is 2.12 bits per heavy atom. The molecule has 0 saturated carbocycles. The summed E-state index contributed by atoms with van der Waals surface area (Å²) in [7, 11) is 0. The number of hydrogen-bond acceptors (Lipinski definition) is 1. The Balaban J connectivity index is 0.00000225. The molecule has 90 valence electrons. The molecule has 0 unspecified atom stereocenters. The summed E-state index contributed by atoms with van der Waals surface area (Å²) in [6.45, 7) is 6.63. The van der Waals surface area contributed by atoms with E-state index in [0.717, 1.165) is 25.6 Å². The Morgan fingerprint density at radius 1 is 1.06 bits per heavy atom. The van der Waals surface area contributed by atoms with Gasteiger partial charge in [-0.25, -0.2) is 4.99 Å². The summed E-state index contributed by atoms with van der Waals surface area (Å²) >= 11 is 0. The summed E-state index contributed by atoms with van der Waals surface area (Å²) in [5, 5.41) is 6.39. The Labute approximate surface area is 115 Å². The van der Waals surface area contributed by atoms with E-state index in [4.69, 9.17) is 0 Å². The van der Waals surface area contributed by atoms with Gasteiger partial charge in [0.05, 0.1) is 6.54 Å². The van der Waals surface area contributed by atoms with Gasteiger partial charge >= 0.3 is 0 Å². The minimum atomic E-state index is 0. The third kappa shape index (κ3) is 5.95. The van der Waals surface area contributed by atoms with Crippen molar-refractivity contribution in [2.45, 2.75) is 20.4 Å². The predicted molar refractivity (Wildman–Crippen MR) is 80.3 cm³/mol. The van der Waals surface area contributed by atoms with Crippen LogP contribution in [0.15, 0.2) is 35.3 Å². The van der Waals surface area contributed by atoms with Crippen molar-refractivity contribution in [1.29, 1.82) is 0 Å². The summed E-state index contributed by atoms with van der Waals surface area (Å²) in [6, 6.07) is 10.2. The Bertz CT molecular complexity index is 290. The zero-order valence-electron chi connectivity index (χ0n) is 9.86. The average molecular weight is 333 g/mol. The molecule has 16 heavy (non-hydrogen) atoms. The average Bonchev–Trinajstić information content (AvgIpc) is 2.28. The maximum absolute atomic E-state index is 4.47. The van der Waals surface area contributed by atoms with Crippen LogP contribution in [0.4, 0.5) is 0 Å². The molecular formula is C12H20IN3. The van der Waals surface area contributed by atoms with E-state index in [1.807, 2.05) is 18.2 Å². The molecular weight excluding hydrogens is 313 g/mol. The van der Waals surface area contributed by atoms with Crippen LogP contribution in [0.25, 0.3) is 0 Å².